The summed E-state index contributed by atoms with van der Waals surface area (Å²) in [6, 6.07) is 3.60. The van der Waals surface area contributed by atoms with Gasteiger partial charge in [0.2, 0.25) is 11.7 Å². The Morgan fingerprint density at radius 1 is 1.06 bits per heavy atom. The van der Waals surface area contributed by atoms with Gasteiger partial charge in [-0.25, -0.2) is 0 Å². The molecule has 0 radical (unpaired) electrons. The molecule has 2 heterocycles. The number of hydrogen-bond donors (Lipinski definition) is 2. The van der Waals surface area contributed by atoms with Crippen LogP contribution in [0, 0.1) is 5.92 Å². The van der Waals surface area contributed by atoms with Gasteiger partial charge in [-0.15, -0.1) is 0 Å². The zero-order valence-corrected chi connectivity index (χ0v) is 18.6. The van der Waals surface area contributed by atoms with Gasteiger partial charge < -0.3 is 29.7 Å². The molecule has 2 N–H and O–H groups in total. The van der Waals surface area contributed by atoms with Gasteiger partial charge in [0.15, 0.2) is 11.5 Å². The number of carbonyl (C=O) groups excluding carboxylic acids is 2. The number of piperazine rings is 1. The normalized spacial score (nSPS) is 21.3. The van der Waals surface area contributed by atoms with Gasteiger partial charge in [-0.3, -0.25) is 9.59 Å². The number of hydrogen-bond acceptors (Lipinski definition) is 7. The minimum atomic E-state index is -0.0797. The molecule has 2 unspecified atom stereocenters. The largest absolute Gasteiger partial charge is 0.493 e. The Bertz CT molecular complexity index is 779. The fourth-order valence-electron chi connectivity index (χ4n) is 4.21. The molecule has 0 saturated carbocycles. The molecule has 2 aliphatic heterocycles. The highest BCUT2D eigenvalue weighted by molar-refractivity contribution is 5.84. The monoisotopic (exact) mass is 431 g/mol. The molecule has 0 bridgehead atoms. The van der Waals surface area contributed by atoms with Crippen molar-refractivity contribution in [2.24, 2.45) is 5.92 Å². The van der Waals surface area contributed by atoms with Crippen LogP contribution in [0.15, 0.2) is 18.2 Å². The van der Waals surface area contributed by atoms with Crippen LogP contribution in [0.2, 0.25) is 0 Å². The van der Waals surface area contributed by atoms with E-state index in [4.69, 9.17) is 14.2 Å². The maximum atomic E-state index is 12.9. The summed E-state index contributed by atoms with van der Waals surface area (Å²) in [4.78, 5) is 27.4. The Morgan fingerprint density at radius 3 is 2.39 bits per heavy atom. The Hall–Kier alpha value is -2.58. The van der Waals surface area contributed by atoms with Crippen LogP contribution in [-0.4, -0.2) is 76.7 Å². The van der Waals surface area contributed by atoms with Crippen LogP contribution < -0.4 is 24.8 Å². The van der Waals surface area contributed by atoms with E-state index in [1.54, 1.807) is 21.3 Å². The summed E-state index contributed by atoms with van der Waals surface area (Å²) in [5.41, 5.74) is 0.850. The maximum absolute atomic E-state index is 12.9. The van der Waals surface area contributed by atoms with Crippen molar-refractivity contribution in [3.05, 3.63) is 23.8 Å². The molecule has 2 atom stereocenters. The second kappa shape index (κ2) is 11.2. The van der Waals surface area contributed by atoms with Crippen LogP contribution in [-0.2, 0) is 9.59 Å². The molecule has 1 aromatic rings. The van der Waals surface area contributed by atoms with Gasteiger partial charge in [-0.05, 0) is 30.7 Å². The summed E-state index contributed by atoms with van der Waals surface area (Å²) >= 11 is 0. The molecular weight excluding hydrogens is 398 g/mol. The van der Waals surface area contributed by atoms with Crippen LogP contribution in [0.3, 0.4) is 0 Å². The highest BCUT2D eigenvalue weighted by Gasteiger charge is 2.31. The third-order valence-electron chi connectivity index (χ3n) is 5.91. The number of Topliss-reactive ketones (excluding diaryl/α,β-unsaturated/α-hetero) is 1. The van der Waals surface area contributed by atoms with Gasteiger partial charge in [0.25, 0.3) is 0 Å². The maximum Gasteiger partial charge on any atom is 0.226 e. The summed E-state index contributed by atoms with van der Waals surface area (Å²) in [5.74, 6) is 2.03. The van der Waals surface area contributed by atoms with Gasteiger partial charge in [0.1, 0.15) is 5.78 Å². The van der Waals surface area contributed by atoms with E-state index in [0.29, 0.717) is 36.8 Å². The molecule has 1 amide bonds. The highest BCUT2D eigenvalue weighted by Crippen LogP contribution is 2.38. The molecule has 0 aliphatic carbocycles. The molecule has 2 fully saturated rings. The number of ether oxygens (including phenoxy) is 3. The van der Waals surface area contributed by atoms with Crippen molar-refractivity contribution in [3.63, 3.8) is 0 Å². The first-order chi connectivity index (χ1) is 15.1. The molecule has 0 aromatic heterocycles. The first-order valence-electron chi connectivity index (χ1n) is 10.8. The summed E-state index contributed by atoms with van der Waals surface area (Å²) < 4.78 is 16.1. The molecule has 3 rings (SSSR count). The average molecular weight is 432 g/mol. The predicted molar refractivity (Wildman–Crippen MR) is 119 cm³/mol. The lowest BCUT2D eigenvalue weighted by Crippen LogP contribution is -2.54. The van der Waals surface area contributed by atoms with E-state index >= 15 is 0 Å². The van der Waals surface area contributed by atoms with Crippen molar-refractivity contribution >= 4 is 17.8 Å². The van der Waals surface area contributed by atoms with Crippen molar-refractivity contribution in [1.29, 1.82) is 0 Å². The fraction of sp³-hybridized carbons (Fsp3) is 0.565. The minimum Gasteiger partial charge on any atom is -0.493 e. The first-order valence-corrected chi connectivity index (χ1v) is 10.8. The third kappa shape index (κ3) is 5.77. The Labute approximate surface area is 183 Å². The lowest BCUT2D eigenvalue weighted by molar-refractivity contribution is -0.135. The molecular formula is C23H33N3O5. The molecule has 170 valence electrons. The topological polar surface area (TPSA) is 89.1 Å². The number of nitrogens with one attached hydrogen (secondary N) is 2. The van der Waals surface area contributed by atoms with Crippen LogP contribution in [0.4, 0.5) is 0 Å². The van der Waals surface area contributed by atoms with E-state index in [0.717, 1.165) is 31.6 Å². The smallest absolute Gasteiger partial charge is 0.226 e. The number of ketones is 1. The van der Waals surface area contributed by atoms with Crippen molar-refractivity contribution in [2.75, 3.05) is 54.1 Å². The molecule has 2 saturated heterocycles. The van der Waals surface area contributed by atoms with E-state index in [1.807, 2.05) is 29.2 Å². The lowest BCUT2D eigenvalue weighted by atomic mass is 9.95. The Balaban J connectivity index is 1.63. The molecule has 8 nitrogen and oxygen atoms in total. The Kier molecular flexibility index (Phi) is 8.31. The molecule has 1 aromatic carbocycles. The molecule has 8 heteroatoms. The summed E-state index contributed by atoms with van der Waals surface area (Å²) in [7, 11) is 4.70. The summed E-state index contributed by atoms with van der Waals surface area (Å²) in [6.07, 6.45) is 5.29. The van der Waals surface area contributed by atoms with E-state index < -0.39 is 0 Å². The van der Waals surface area contributed by atoms with E-state index in [-0.39, 0.29) is 30.1 Å². The van der Waals surface area contributed by atoms with Crippen LogP contribution in [0.25, 0.3) is 6.08 Å². The molecule has 2 aliphatic rings. The SMILES string of the molecule is COc1cc(C=CCC(=O)N2CCNCC2CC(=O)C2CCNC2)cc(OC)c1OC. The average Bonchev–Trinajstić information content (AvgIpc) is 3.33. The van der Waals surface area contributed by atoms with Crippen molar-refractivity contribution in [2.45, 2.75) is 25.3 Å². The second-order valence-electron chi connectivity index (χ2n) is 7.87. The van der Waals surface area contributed by atoms with Crippen LogP contribution >= 0.6 is 0 Å². The summed E-state index contributed by atoms with van der Waals surface area (Å²) in [5, 5.41) is 6.55. The van der Waals surface area contributed by atoms with E-state index in [9.17, 15) is 9.59 Å². The van der Waals surface area contributed by atoms with Crippen molar-refractivity contribution in [1.82, 2.24) is 15.5 Å². The van der Waals surface area contributed by atoms with Crippen molar-refractivity contribution < 1.29 is 23.8 Å². The number of rotatable bonds is 9. The predicted octanol–water partition coefficient (Wildman–Crippen LogP) is 1.48. The van der Waals surface area contributed by atoms with Crippen LogP contribution in [0.5, 0.6) is 17.2 Å². The number of nitrogens with zero attached hydrogens (tertiary/aromatic N) is 1. The quantitative estimate of drug-likeness (QED) is 0.612. The molecule has 0 spiro atoms. The van der Waals surface area contributed by atoms with Gasteiger partial charge in [0, 0.05) is 44.9 Å². The molecule has 31 heavy (non-hydrogen) atoms. The van der Waals surface area contributed by atoms with E-state index in [1.165, 1.54) is 0 Å². The van der Waals surface area contributed by atoms with Crippen molar-refractivity contribution in [3.8, 4) is 17.2 Å². The van der Waals surface area contributed by atoms with Crippen LogP contribution in [0.1, 0.15) is 24.8 Å². The highest BCUT2D eigenvalue weighted by atomic mass is 16.5. The summed E-state index contributed by atoms with van der Waals surface area (Å²) in [6.45, 7) is 3.68. The van der Waals surface area contributed by atoms with E-state index in [2.05, 4.69) is 10.6 Å². The van der Waals surface area contributed by atoms with Gasteiger partial charge in [-0.1, -0.05) is 12.2 Å². The van der Waals surface area contributed by atoms with Gasteiger partial charge in [-0.2, -0.15) is 0 Å². The number of benzene rings is 1. The van der Waals surface area contributed by atoms with Gasteiger partial charge >= 0.3 is 0 Å². The number of amides is 1. The zero-order chi connectivity index (χ0) is 22.2. The first kappa shape index (κ1) is 23.1. The second-order valence-corrected chi connectivity index (χ2v) is 7.87. The Morgan fingerprint density at radius 2 is 1.77 bits per heavy atom. The zero-order valence-electron chi connectivity index (χ0n) is 18.6. The minimum absolute atomic E-state index is 0.0348. The standard InChI is InChI=1S/C23H33N3O5/c1-29-20-11-16(12-21(30-2)23(20)31-3)5-4-6-22(28)26-10-9-25-15-18(26)13-19(27)17-7-8-24-14-17/h4-5,11-12,17-18,24-25H,6-10,13-15H2,1-3H3. The van der Waals surface area contributed by atoms with Gasteiger partial charge in [0.05, 0.1) is 27.4 Å². The fourth-order valence-corrected chi connectivity index (χ4v) is 4.21. The lowest BCUT2D eigenvalue weighted by Gasteiger charge is -2.36. The number of carbonyl (C=O) groups is 2. The number of methoxy groups -OCH3 is 3. The third-order valence-corrected chi connectivity index (χ3v) is 5.91.